The minimum absolute atomic E-state index is 0.145. The van der Waals surface area contributed by atoms with Crippen molar-refractivity contribution >= 4 is 29.0 Å². The number of halogens is 1. The second-order valence-electron chi connectivity index (χ2n) is 5.74. The quantitative estimate of drug-likeness (QED) is 0.650. The van der Waals surface area contributed by atoms with Gasteiger partial charge in [-0.25, -0.2) is 4.79 Å². The maximum atomic E-state index is 12.7. The van der Waals surface area contributed by atoms with E-state index in [0.717, 1.165) is 5.69 Å². The molecule has 0 radical (unpaired) electrons. The van der Waals surface area contributed by atoms with Crippen LogP contribution in [0.3, 0.4) is 0 Å². The lowest BCUT2D eigenvalue weighted by molar-refractivity contribution is -0.166. The number of rotatable bonds is 5. The van der Waals surface area contributed by atoms with E-state index < -0.39 is 23.4 Å². The third kappa shape index (κ3) is 2.96. The van der Waals surface area contributed by atoms with Gasteiger partial charge in [-0.2, -0.15) is 0 Å². The van der Waals surface area contributed by atoms with Crippen LogP contribution in [-0.2, 0) is 14.3 Å². The molecule has 0 fully saturated rings. The molecule has 1 N–H and O–H groups in total. The summed E-state index contributed by atoms with van der Waals surface area (Å²) in [7, 11) is 0. The van der Waals surface area contributed by atoms with E-state index in [1.165, 1.54) is 6.92 Å². The fraction of sp³-hybridized carbons (Fsp3) is 0.263. The number of Topliss-reactive ketones (excluding diaryl/α,β-unsaturated/α-hetero) is 1. The van der Waals surface area contributed by atoms with Crippen molar-refractivity contribution in [2.45, 2.75) is 25.5 Å². The van der Waals surface area contributed by atoms with Gasteiger partial charge in [0.25, 0.3) is 5.60 Å². The van der Waals surface area contributed by atoms with Crippen molar-refractivity contribution in [3.05, 3.63) is 59.1 Å². The monoisotopic (exact) mass is 359 g/mol. The van der Waals surface area contributed by atoms with E-state index in [2.05, 4.69) is 5.32 Å². The van der Waals surface area contributed by atoms with E-state index in [9.17, 15) is 9.59 Å². The van der Waals surface area contributed by atoms with Gasteiger partial charge in [-0.05, 0) is 44.2 Å². The number of hydrogen-bond acceptors (Lipinski definition) is 5. The van der Waals surface area contributed by atoms with E-state index in [-0.39, 0.29) is 6.61 Å². The Labute approximate surface area is 150 Å². The molecule has 25 heavy (non-hydrogen) atoms. The summed E-state index contributed by atoms with van der Waals surface area (Å²) < 4.78 is 11.0. The van der Waals surface area contributed by atoms with Gasteiger partial charge in [0.1, 0.15) is 11.8 Å². The SMILES string of the molecule is CCOC(=O)C1(C(C)=O)Oc2ccc(Cl)cc2C1Nc1ccccc1. The minimum atomic E-state index is -1.79. The first-order chi connectivity index (χ1) is 12.0. The standard InChI is InChI=1S/C19H18ClNO4/c1-3-24-18(23)19(12(2)22)17(21-14-7-5-4-6-8-14)15-11-13(20)9-10-16(15)25-19/h4-11,17,21H,3H2,1-2H3. The predicted octanol–water partition coefficient (Wildman–Crippen LogP) is 3.78. The third-order valence-corrected chi connectivity index (χ3v) is 4.38. The Morgan fingerprint density at radius 1 is 1.24 bits per heavy atom. The number of hydrogen-bond donors (Lipinski definition) is 1. The van der Waals surface area contributed by atoms with Crippen LogP contribution in [0.1, 0.15) is 25.5 Å². The number of anilines is 1. The average Bonchev–Trinajstić information content (AvgIpc) is 2.91. The summed E-state index contributed by atoms with van der Waals surface area (Å²) in [5.41, 5.74) is -0.405. The molecule has 2 aromatic rings. The highest BCUT2D eigenvalue weighted by Gasteiger charge is 2.59. The number of carbonyl (C=O) groups excluding carboxylic acids is 2. The van der Waals surface area contributed by atoms with Crippen LogP contribution < -0.4 is 10.1 Å². The molecular formula is C19H18ClNO4. The zero-order valence-electron chi connectivity index (χ0n) is 13.9. The van der Waals surface area contributed by atoms with Crippen molar-refractivity contribution < 1.29 is 19.1 Å². The van der Waals surface area contributed by atoms with E-state index in [4.69, 9.17) is 21.1 Å². The Morgan fingerprint density at radius 2 is 1.96 bits per heavy atom. The first kappa shape index (κ1) is 17.3. The van der Waals surface area contributed by atoms with Crippen molar-refractivity contribution in [1.82, 2.24) is 0 Å². The summed E-state index contributed by atoms with van der Waals surface area (Å²) in [6.07, 6.45) is 0. The predicted molar refractivity (Wildman–Crippen MR) is 94.9 cm³/mol. The number of benzene rings is 2. The van der Waals surface area contributed by atoms with Gasteiger partial charge in [-0.1, -0.05) is 29.8 Å². The van der Waals surface area contributed by atoms with Crippen molar-refractivity contribution in [3.63, 3.8) is 0 Å². The number of fused-ring (bicyclic) bond motifs is 1. The molecule has 0 aromatic heterocycles. The van der Waals surface area contributed by atoms with Crippen LogP contribution in [0, 0.1) is 0 Å². The highest BCUT2D eigenvalue weighted by molar-refractivity contribution is 6.30. The molecule has 0 bridgehead atoms. The lowest BCUT2D eigenvalue weighted by Gasteiger charge is -2.30. The lowest BCUT2D eigenvalue weighted by Crippen LogP contribution is -2.55. The maximum absolute atomic E-state index is 12.7. The summed E-state index contributed by atoms with van der Waals surface area (Å²) >= 11 is 6.12. The fourth-order valence-electron chi connectivity index (χ4n) is 2.99. The molecule has 6 heteroatoms. The number of esters is 1. The zero-order chi connectivity index (χ0) is 18.0. The second kappa shape index (κ2) is 6.76. The van der Waals surface area contributed by atoms with Crippen LogP contribution in [0.2, 0.25) is 5.02 Å². The molecule has 2 unspecified atom stereocenters. The second-order valence-corrected chi connectivity index (χ2v) is 6.18. The molecule has 1 aliphatic rings. The smallest absolute Gasteiger partial charge is 0.361 e. The summed E-state index contributed by atoms with van der Waals surface area (Å²) in [5, 5.41) is 3.72. The van der Waals surface area contributed by atoms with E-state index in [1.54, 1.807) is 25.1 Å². The number of para-hydroxylation sites is 1. The first-order valence-electron chi connectivity index (χ1n) is 7.97. The normalized spacial score (nSPS) is 21.2. The molecule has 1 aliphatic heterocycles. The van der Waals surface area contributed by atoms with Crippen LogP contribution in [0.5, 0.6) is 5.75 Å². The van der Waals surface area contributed by atoms with Gasteiger partial charge >= 0.3 is 5.97 Å². The molecule has 0 saturated carbocycles. The van der Waals surface area contributed by atoms with Crippen LogP contribution in [-0.4, -0.2) is 24.0 Å². The Hall–Kier alpha value is -2.53. The van der Waals surface area contributed by atoms with Crippen LogP contribution >= 0.6 is 11.6 Å². The van der Waals surface area contributed by atoms with Gasteiger partial charge in [0.05, 0.1) is 6.61 Å². The van der Waals surface area contributed by atoms with Crippen molar-refractivity contribution in [2.24, 2.45) is 0 Å². The Balaban J connectivity index is 2.13. The third-order valence-electron chi connectivity index (χ3n) is 4.15. The van der Waals surface area contributed by atoms with Crippen molar-refractivity contribution in [2.75, 3.05) is 11.9 Å². The highest BCUT2D eigenvalue weighted by atomic mass is 35.5. The molecule has 0 aliphatic carbocycles. The maximum Gasteiger partial charge on any atom is 0.361 e. The molecular weight excluding hydrogens is 342 g/mol. The van der Waals surface area contributed by atoms with E-state index >= 15 is 0 Å². The number of nitrogens with one attached hydrogen (secondary N) is 1. The van der Waals surface area contributed by atoms with Gasteiger partial charge in [0.15, 0.2) is 5.78 Å². The topological polar surface area (TPSA) is 64.6 Å². The highest BCUT2D eigenvalue weighted by Crippen LogP contribution is 2.47. The molecule has 3 rings (SSSR count). The van der Waals surface area contributed by atoms with Gasteiger partial charge < -0.3 is 14.8 Å². The molecule has 130 valence electrons. The summed E-state index contributed by atoms with van der Waals surface area (Å²) in [5.74, 6) is -0.726. The Kier molecular flexibility index (Phi) is 4.68. The fourth-order valence-corrected chi connectivity index (χ4v) is 3.17. The van der Waals surface area contributed by atoms with Crippen LogP contribution in [0.4, 0.5) is 5.69 Å². The van der Waals surface area contributed by atoms with Gasteiger partial charge in [0, 0.05) is 16.3 Å². The van der Waals surface area contributed by atoms with E-state index in [1.807, 2.05) is 30.3 Å². The Bertz CT molecular complexity index is 808. The molecule has 0 spiro atoms. The van der Waals surface area contributed by atoms with Crippen LogP contribution in [0.15, 0.2) is 48.5 Å². The van der Waals surface area contributed by atoms with Gasteiger partial charge in [0.2, 0.25) is 0 Å². The first-order valence-corrected chi connectivity index (χ1v) is 8.35. The van der Waals surface area contributed by atoms with Crippen LogP contribution in [0.25, 0.3) is 0 Å². The largest absolute Gasteiger partial charge is 0.465 e. The molecule has 2 atom stereocenters. The van der Waals surface area contributed by atoms with E-state index in [0.29, 0.717) is 16.3 Å². The molecule has 5 nitrogen and oxygen atoms in total. The summed E-state index contributed by atoms with van der Waals surface area (Å²) in [4.78, 5) is 25.3. The number of ketones is 1. The van der Waals surface area contributed by atoms with Crippen molar-refractivity contribution in [1.29, 1.82) is 0 Å². The minimum Gasteiger partial charge on any atom is -0.465 e. The average molecular weight is 360 g/mol. The number of carbonyl (C=O) groups is 2. The van der Waals surface area contributed by atoms with Crippen molar-refractivity contribution in [3.8, 4) is 5.75 Å². The molecule has 1 heterocycles. The zero-order valence-corrected chi connectivity index (χ0v) is 14.7. The molecule has 0 saturated heterocycles. The van der Waals surface area contributed by atoms with Gasteiger partial charge in [-0.15, -0.1) is 0 Å². The molecule has 0 amide bonds. The summed E-state index contributed by atoms with van der Waals surface area (Å²) in [6, 6.07) is 13.5. The lowest BCUT2D eigenvalue weighted by atomic mass is 9.87. The Morgan fingerprint density at radius 3 is 2.60 bits per heavy atom. The summed E-state index contributed by atoms with van der Waals surface area (Å²) in [6.45, 7) is 3.15. The number of ether oxygens (including phenoxy) is 2. The molecule has 2 aromatic carbocycles. The van der Waals surface area contributed by atoms with Gasteiger partial charge in [-0.3, -0.25) is 4.79 Å².